The number of ether oxygens (including phenoxy) is 1. The minimum absolute atomic E-state index is 0.204. The second-order valence-electron chi connectivity index (χ2n) is 3.08. The van der Waals surface area contributed by atoms with Gasteiger partial charge in [0.2, 0.25) is 0 Å². The highest BCUT2D eigenvalue weighted by atomic mass is 16.5. The fourth-order valence-electron chi connectivity index (χ4n) is 1.47. The second-order valence-corrected chi connectivity index (χ2v) is 3.08. The zero-order valence-electron chi connectivity index (χ0n) is 7.05. The first kappa shape index (κ1) is 8.51. The molecule has 1 aliphatic heterocycles. The van der Waals surface area contributed by atoms with Gasteiger partial charge in [0.1, 0.15) is 5.54 Å². The average molecular weight is 154 g/mol. The predicted octanol–water partition coefficient (Wildman–Crippen LogP) is 0.667. The topological polar surface area (TPSA) is 45.0 Å². The van der Waals surface area contributed by atoms with Gasteiger partial charge in [0.15, 0.2) is 0 Å². The summed E-state index contributed by atoms with van der Waals surface area (Å²) in [6.07, 6.45) is 1.79. The number of nitrogens with one attached hydrogen (secondary N) is 1. The van der Waals surface area contributed by atoms with E-state index in [1.807, 2.05) is 14.0 Å². The molecule has 62 valence electrons. The van der Waals surface area contributed by atoms with Crippen LogP contribution >= 0.6 is 0 Å². The first-order chi connectivity index (χ1) is 5.22. The van der Waals surface area contributed by atoms with Gasteiger partial charge >= 0.3 is 0 Å². The molecule has 3 heteroatoms. The van der Waals surface area contributed by atoms with Crippen molar-refractivity contribution in [3.05, 3.63) is 0 Å². The van der Waals surface area contributed by atoms with E-state index in [-0.39, 0.29) is 11.6 Å². The Labute approximate surface area is 67.3 Å². The molecule has 0 aromatic carbocycles. The van der Waals surface area contributed by atoms with E-state index in [1.165, 1.54) is 0 Å². The van der Waals surface area contributed by atoms with Crippen LogP contribution in [-0.2, 0) is 4.74 Å². The van der Waals surface area contributed by atoms with Crippen LogP contribution in [0.15, 0.2) is 0 Å². The van der Waals surface area contributed by atoms with E-state index in [2.05, 4.69) is 11.4 Å². The lowest BCUT2D eigenvalue weighted by atomic mass is 9.89. The summed E-state index contributed by atoms with van der Waals surface area (Å²) in [5.41, 5.74) is -0.336. The molecule has 1 fully saturated rings. The highest BCUT2D eigenvalue weighted by Crippen LogP contribution is 2.23. The lowest BCUT2D eigenvalue weighted by Crippen LogP contribution is -2.48. The van der Waals surface area contributed by atoms with Gasteiger partial charge in [0.25, 0.3) is 0 Å². The second kappa shape index (κ2) is 3.21. The molecule has 0 amide bonds. The van der Waals surface area contributed by atoms with Crippen molar-refractivity contribution in [2.75, 3.05) is 13.7 Å². The number of nitriles is 1. The molecule has 0 aromatic rings. The maximum atomic E-state index is 8.89. The van der Waals surface area contributed by atoms with Crippen molar-refractivity contribution in [1.29, 1.82) is 5.26 Å². The van der Waals surface area contributed by atoms with Crippen molar-refractivity contribution in [2.45, 2.75) is 31.4 Å². The molecular weight excluding hydrogens is 140 g/mol. The molecule has 0 spiro atoms. The molecule has 0 bridgehead atoms. The minimum atomic E-state index is -0.336. The molecule has 1 N–H and O–H groups in total. The van der Waals surface area contributed by atoms with Gasteiger partial charge in [-0.25, -0.2) is 0 Å². The Morgan fingerprint density at radius 1 is 1.73 bits per heavy atom. The Morgan fingerprint density at radius 3 is 2.82 bits per heavy atom. The molecule has 1 rings (SSSR count). The number of hydrogen-bond donors (Lipinski definition) is 1. The predicted molar refractivity (Wildman–Crippen MR) is 42.1 cm³/mol. The zero-order chi connectivity index (χ0) is 8.32. The summed E-state index contributed by atoms with van der Waals surface area (Å²) in [4.78, 5) is 0. The standard InChI is InChI=1S/C8H14N2O/c1-7-5-8(6-9,10-2)3-4-11-7/h7,10H,3-5H2,1-2H3. The summed E-state index contributed by atoms with van der Waals surface area (Å²) in [5.74, 6) is 0. The molecule has 0 radical (unpaired) electrons. The van der Waals surface area contributed by atoms with Crippen molar-refractivity contribution in [3.8, 4) is 6.07 Å². The van der Waals surface area contributed by atoms with E-state index in [1.54, 1.807) is 0 Å². The largest absolute Gasteiger partial charge is 0.378 e. The summed E-state index contributed by atoms with van der Waals surface area (Å²) in [5, 5.41) is 11.9. The van der Waals surface area contributed by atoms with Gasteiger partial charge in [-0.05, 0) is 14.0 Å². The van der Waals surface area contributed by atoms with Gasteiger partial charge in [-0.15, -0.1) is 0 Å². The van der Waals surface area contributed by atoms with Crippen molar-refractivity contribution in [3.63, 3.8) is 0 Å². The zero-order valence-corrected chi connectivity index (χ0v) is 7.05. The van der Waals surface area contributed by atoms with Crippen LogP contribution < -0.4 is 5.32 Å². The van der Waals surface area contributed by atoms with Gasteiger partial charge in [0.05, 0.1) is 12.2 Å². The Balaban J connectivity index is 2.62. The van der Waals surface area contributed by atoms with Crippen LogP contribution in [0.3, 0.4) is 0 Å². The summed E-state index contributed by atoms with van der Waals surface area (Å²) in [6.45, 7) is 2.69. The monoisotopic (exact) mass is 154 g/mol. The molecule has 2 atom stereocenters. The fourth-order valence-corrected chi connectivity index (χ4v) is 1.47. The van der Waals surface area contributed by atoms with Crippen LogP contribution in [0, 0.1) is 11.3 Å². The third-order valence-corrected chi connectivity index (χ3v) is 2.26. The smallest absolute Gasteiger partial charge is 0.111 e. The fraction of sp³-hybridized carbons (Fsp3) is 0.875. The van der Waals surface area contributed by atoms with E-state index >= 15 is 0 Å². The molecule has 1 aliphatic rings. The molecule has 1 heterocycles. The third kappa shape index (κ3) is 1.70. The van der Waals surface area contributed by atoms with Crippen molar-refractivity contribution >= 4 is 0 Å². The van der Waals surface area contributed by atoms with Crippen LogP contribution in [-0.4, -0.2) is 25.3 Å². The average Bonchev–Trinajstić information content (AvgIpc) is 2.04. The lowest BCUT2D eigenvalue weighted by Gasteiger charge is -2.33. The Bertz CT molecular complexity index is 175. The van der Waals surface area contributed by atoms with Crippen molar-refractivity contribution in [1.82, 2.24) is 5.32 Å². The van der Waals surface area contributed by atoms with E-state index in [0.29, 0.717) is 6.61 Å². The molecule has 3 nitrogen and oxygen atoms in total. The van der Waals surface area contributed by atoms with E-state index in [0.717, 1.165) is 12.8 Å². The highest BCUT2D eigenvalue weighted by Gasteiger charge is 2.33. The van der Waals surface area contributed by atoms with Crippen LogP contribution in [0.5, 0.6) is 0 Å². The van der Waals surface area contributed by atoms with Crippen LogP contribution in [0.2, 0.25) is 0 Å². The maximum Gasteiger partial charge on any atom is 0.111 e. The quantitative estimate of drug-likeness (QED) is 0.603. The molecular formula is C8H14N2O. The summed E-state index contributed by atoms with van der Waals surface area (Å²) >= 11 is 0. The number of hydrogen-bond acceptors (Lipinski definition) is 3. The first-order valence-corrected chi connectivity index (χ1v) is 3.94. The van der Waals surface area contributed by atoms with E-state index in [4.69, 9.17) is 10.00 Å². The third-order valence-electron chi connectivity index (χ3n) is 2.26. The SMILES string of the molecule is CNC1(C#N)CCOC(C)C1. The normalized spacial score (nSPS) is 38.1. The molecule has 0 saturated carbocycles. The van der Waals surface area contributed by atoms with E-state index in [9.17, 15) is 0 Å². The molecule has 11 heavy (non-hydrogen) atoms. The van der Waals surface area contributed by atoms with Crippen LogP contribution in [0.4, 0.5) is 0 Å². The van der Waals surface area contributed by atoms with Gasteiger partial charge < -0.3 is 10.1 Å². The summed E-state index contributed by atoms with van der Waals surface area (Å²) < 4.78 is 5.35. The van der Waals surface area contributed by atoms with E-state index < -0.39 is 0 Å². The molecule has 0 aliphatic carbocycles. The number of rotatable bonds is 1. The van der Waals surface area contributed by atoms with Gasteiger partial charge in [-0.1, -0.05) is 0 Å². The Morgan fingerprint density at radius 2 is 2.45 bits per heavy atom. The molecule has 0 aromatic heterocycles. The lowest BCUT2D eigenvalue weighted by molar-refractivity contribution is -0.00138. The summed E-state index contributed by atoms with van der Waals surface area (Å²) in [6, 6.07) is 2.31. The number of nitrogens with zero attached hydrogens (tertiary/aromatic N) is 1. The minimum Gasteiger partial charge on any atom is -0.378 e. The highest BCUT2D eigenvalue weighted by molar-refractivity contribution is 5.08. The Kier molecular flexibility index (Phi) is 2.48. The molecule has 2 unspecified atom stereocenters. The van der Waals surface area contributed by atoms with Crippen LogP contribution in [0.25, 0.3) is 0 Å². The van der Waals surface area contributed by atoms with Gasteiger partial charge in [-0.3, -0.25) is 0 Å². The van der Waals surface area contributed by atoms with Crippen molar-refractivity contribution < 1.29 is 4.74 Å². The van der Waals surface area contributed by atoms with Crippen LogP contribution in [0.1, 0.15) is 19.8 Å². The first-order valence-electron chi connectivity index (χ1n) is 3.94. The Hall–Kier alpha value is -0.590. The maximum absolute atomic E-state index is 8.89. The van der Waals surface area contributed by atoms with Gasteiger partial charge in [0, 0.05) is 19.4 Å². The van der Waals surface area contributed by atoms with Crippen molar-refractivity contribution in [2.24, 2.45) is 0 Å². The molecule has 1 saturated heterocycles. The summed E-state index contributed by atoms with van der Waals surface area (Å²) in [7, 11) is 1.83. The van der Waals surface area contributed by atoms with Gasteiger partial charge in [-0.2, -0.15) is 5.26 Å².